The van der Waals surface area contributed by atoms with E-state index in [1.807, 2.05) is 6.07 Å². The van der Waals surface area contributed by atoms with Crippen molar-refractivity contribution in [2.24, 2.45) is 11.7 Å². The van der Waals surface area contributed by atoms with Crippen molar-refractivity contribution in [2.45, 2.75) is 18.9 Å². The van der Waals surface area contributed by atoms with E-state index in [-0.39, 0.29) is 29.6 Å². The normalized spacial score (nSPS) is 17.1. The lowest BCUT2D eigenvalue weighted by Gasteiger charge is -2.24. The molecule has 2 unspecified atom stereocenters. The largest absolute Gasteiger partial charge is 0.507 e. The number of ketones is 1. The molecule has 2 aromatic carbocycles. The van der Waals surface area contributed by atoms with Gasteiger partial charge in [-0.1, -0.05) is 6.07 Å². The molecule has 0 saturated carbocycles. The third kappa shape index (κ3) is 4.16. The highest BCUT2D eigenvalue weighted by molar-refractivity contribution is 6.00. The summed E-state index contributed by atoms with van der Waals surface area (Å²) in [6.45, 7) is 0.657. The predicted molar refractivity (Wildman–Crippen MR) is 104 cm³/mol. The molecule has 7 heteroatoms. The fraction of sp³-hybridized carbons (Fsp3) is 0.333. The van der Waals surface area contributed by atoms with E-state index in [2.05, 4.69) is 5.32 Å². The van der Waals surface area contributed by atoms with E-state index in [0.717, 1.165) is 29.7 Å². The van der Waals surface area contributed by atoms with E-state index < -0.39 is 12.0 Å². The number of aryl methyl sites for hydroxylation is 1. The van der Waals surface area contributed by atoms with Gasteiger partial charge in [-0.15, -0.1) is 0 Å². The number of nitrogens with two attached hydrogens (primary N) is 1. The van der Waals surface area contributed by atoms with Crippen LogP contribution >= 0.6 is 0 Å². The van der Waals surface area contributed by atoms with Gasteiger partial charge in [-0.25, -0.2) is 0 Å². The minimum Gasteiger partial charge on any atom is -0.507 e. The third-order valence-electron chi connectivity index (χ3n) is 5.11. The highest BCUT2D eigenvalue weighted by Gasteiger charge is 2.27. The van der Waals surface area contributed by atoms with Crippen molar-refractivity contribution in [3.8, 4) is 11.5 Å². The van der Waals surface area contributed by atoms with Crippen LogP contribution in [0.5, 0.6) is 11.5 Å². The second kappa shape index (κ2) is 8.41. The molecule has 28 heavy (non-hydrogen) atoms. The fourth-order valence-corrected chi connectivity index (χ4v) is 3.49. The number of carbonyl (C=O) groups is 2. The van der Waals surface area contributed by atoms with Crippen LogP contribution in [0.3, 0.4) is 0 Å². The maximum atomic E-state index is 12.7. The van der Waals surface area contributed by atoms with Gasteiger partial charge < -0.3 is 26.0 Å². The zero-order valence-corrected chi connectivity index (χ0v) is 15.6. The lowest BCUT2D eigenvalue weighted by molar-refractivity contribution is 0.0894. The van der Waals surface area contributed by atoms with Gasteiger partial charge in [0.2, 0.25) is 0 Å². The Morgan fingerprint density at radius 1 is 1.32 bits per heavy atom. The van der Waals surface area contributed by atoms with Crippen LogP contribution in [-0.2, 0) is 6.42 Å². The summed E-state index contributed by atoms with van der Waals surface area (Å²) in [6.07, 6.45) is 0.634. The quantitative estimate of drug-likeness (QED) is 0.575. The molecule has 2 aromatic rings. The van der Waals surface area contributed by atoms with Crippen molar-refractivity contribution in [2.75, 3.05) is 20.2 Å². The molecule has 0 aromatic heterocycles. The first-order valence-corrected chi connectivity index (χ1v) is 9.13. The summed E-state index contributed by atoms with van der Waals surface area (Å²) in [4.78, 5) is 24.0. The zero-order chi connectivity index (χ0) is 20.3. The Labute approximate surface area is 163 Å². The van der Waals surface area contributed by atoms with Crippen molar-refractivity contribution in [3.05, 3.63) is 58.7 Å². The van der Waals surface area contributed by atoms with Gasteiger partial charge in [-0.3, -0.25) is 9.59 Å². The van der Waals surface area contributed by atoms with Crippen LogP contribution in [-0.4, -0.2) is 42.1 Å². The Balaban J connectivity index is 1.58. The molecule has 148 valence electrons. The zero-order valence-electron chi connectivity index (χ0n) is 15.6. The molecule has 2 atom stereocenters. The summed E-state index contributed by atoms with van der Waals surface area (Å²) in [5.41, 5.74) is 7.37. The number of Topliss-reactive ketones (excluding diaryl/α,β-unsaturated/α-hetero) is 1. The van der Waals surface area contributed by atoms with Gasteiger partial charge >= 0.3 is 0 Å². The number of hydrogen-bond donors (Lipinski definition) is 4. The number of benzene rings is 2. The Hall–Kier alpha value is -2.90. The van der Waals surface area contributed by atoms with Crippen LogP contribution in [0.4, 0.5) is 0 Å². The van der Waals surface area contributed by atoms with Crippen molar-refractivity contribution >= 4 is 11.7 Å². The Kier molecular flexibility index (Phi) is 5.96. The van der Waals surface area contributed by atoms with E-state index >= 15 is 0 Å². The van der Waals surface area contributed by atoms with E-state index in [1.165, 1.54) is 18.2 Å². The number of rotatable bonds is 7. The van der Waals surface area contributed by atoms with Crippen molar-refractivity contribution < 1.29 is 24.5 Å². The molecule has 1 amide bonds. The summed E-state index contributed by atoms with van der Waals surface area (Å²) in [5, 5.41) is 23.1. The minimum absolute atomic E-state index is 0.0361. The molecular formula is C21H24N2O5. The maximum absolute atomic E-state index is 12.7. The van der Waals surface area contributed by atoms with Crippen molar-refractivity contribution in [1.82, 2.24) is 5.32 Å². The third-order valence-corrected chi connectivity index (χ3v) is 5.11. The number of methoxy groups -OCH3 is 1. The topological polar surface area (TPSA) is 122 Å². The first-order valence-electron chi connectivity index (χ1n) is 9.13. The molecule has 5 N–H and O–H groups in total. The van der Waals surface area contributed by atoms with Crippen LogP contribution in [0.15, 0.2) is 36.4 Å². The van der Waals surface area contributed by atoms with Gasteiger partial charge in [-0.2, -0.15) is 0 Å². The molecule has 0 saturated heterocycles. The number of phenols is 1. The first-order chi connectivity index (χ1) is 13.4. The number of fused-ring (bicyclic) bond motifs is 1. The van der Waals surface area contributed by atoms with Crippen LogP contribution in [0.2, 0.25) is 0 Å². The van der Waals surface area contributed by atoms with Crippen LogP contribution in [0, 0.1) is 5.92 Å². The number of aliphatic hydroxyl groups is 1. The van der Waals surface area contributed by atoms with Gasteiger partial charge in [0.05, 0.1) is 18.8 Å². The molecule has 0 bridgehead atoms. The molecule has 0 aliphatic heterocycles. The Morgan fingerprint density at radius 3 is 2.82 bits per heavy atom. The van der Waals surface area contributed by atoms with Gasteiger partial charge in [0.15, 0.2) is 5.78 Å². The average molecular weight is 384 g/mol. The lowest BCUT2D eigenvalue weighted by atomic mass is 9.82. The number of primary amides is 1. The van der Waals surface area contributed by atoms with E-state index in [4.69, 9.17) is 10.5 Å². The smallest absolute Gasteiger partial charge is 0.252 e. The number of ether oxygens (including phenoxy) is 1. The molecule has 0 spiro atoms. The van der Waals surface area contributed by atoms with Crippen LogP contribution in [0.1, 0.15) is 44.4 Å². The van der Waals surface area contributed by atoms with Crippen LogP contribution in [0.25, 0.3) is 0 Å². The summed E-state index contributed by atoms with van der Waals surface area (Å²) in [7, 11) is 1.60. The summed E-state index contributed by atoms with van der Waals surface area (Å²) in [6, 6.07) is 9.73. The van der Waals surface area contributed by atoms with E-state index in [1.54, 1.807) is 19.2 Å². The van der Waals surface area contributed by atoms with E-state index in [0.29, 0.717) is 12.1 Å². The van der Waals surface area contributed by atoms with Gasteiger partial charge in [0.25, 0.3) is 5.91 Å². The number of carbonyl (C=O) groups excluding carboxylic acids is 2. The predicted octanol–water partition coefficient (Wildman–Crippen LogP) is 1.57. The average Bonchev–Trinajstić information content (AvgIpc) is 2.69. The Morgan fingerprint density at radius 2 is 2.11 bits per heavy atom. The lowest BCUT2D eigenvalue weighted by Crippen LogP contribution is -2.34. The van der Waals surface area contributed by atoms with E-state index in [9.17, 15) is 19.8 Å². The number of amides is 1. The molecule has 7 nitrogen and oxygen atoms in total. The highest BCUT2D eigenvalue weighted by Crippen LogP contribution is 2.28. The molecule has 1 aliphatic rings. The van der Waals surface area contributed by atoms with Gasteiger partial charge in [0, 0.05) is 24.6 Å². The second-order valence-corrected chi connectivity index (χ2v) is 6.94. The summed E-state index contributed by atoms with van der Waals surface area (Å²) < 4.78 is 5.21. The number of aromatic hydroxyl groups is 1. The van der Waals surface area contributed by atoms with Gasteiger partial charge in [0.1, 0.15) is 11.5 Å². The van der Waals surface area contributed by atoms with Crippen LogP contribution < -0.4 is 15.8 Å². The first kappa shape index (κ1) is 19.9. The minimum atomic E-state index is -0.894. The number of aliphatic hydroxyl groups excluding tert-OH is 1. The number of hydrogen-bond acceptors (Lipinski definition) is 6. The SMILES string of the molecule is COc1ccc2c(c1)CCC(CNCC(O)c1ccc(O)c(C(N)=O)c1)C2=O. The summed E-state index contributed by atoms with van der Waals surface area (Å²) in [5.74, 6) is -0.307. The second-order valence-electron chi connectivity index (χ2n) is 6.94. The maximum Gasteiger partial charge on any atom is 0.252 e. The monoisotopic (exact) mass is 384 g/mol. The molecule has 0 radical (unpaired) electrons. The summed E-state index contributed by atoms with van der Waals surface area (Å²) >= 11 is 0. The molecule has 0 fully saturated rings. The molecule has 3 rings (SSSR count). The van der Waals surface area contributed by atoms with Crippen molar-refractivity contribution in [1.29, 1.82) is 0 Å². The Bertz CT molecular complexity index is 896. The standard InChI is InChI=1S/C21H24N2O5/c1-28-15-5-6-16-12(8-15)2-3-14(20(16)26)10-23-11-19(25)13-4-7-18(24)17(9-13)21(22)27/h4-9,14,19,23-25H,2-3,10-11H2,1H3,(H2,22,27). The molecule has 1 aliphatic carbocycles. The molecular weight excluding hydrogens is 360 g/mol. The molecule has 0 heterocycles. The van der Waals surface area contributed by atoms with Crippen molar-refractivity contribution in [3.63, 3.8) is 0 Å². The van der Waals surface area contributed by atoms with Gasteiger partial charge in [-0.05, 0) is 54.3 Å². The number of nitrogens with one attached hydrogen (secondary N) is 1. The highest BCUT2D eigenvalue weighted by atomic mass is 16.5. The fourth-order valence-electron chi connectivity index (χ4n) is 3.49.